The second kappa shape index (κ2) is 7.40. The van der Waals surface area contributed by atoms with Crippen molar-refractivity contribution >= 4 is 5.97 Å². The minimum atomic E-state index is -0.511. The first-order chi connectivity index (χ1) is 12.8. The molecule has 0 N–H and O–H groups in total. The van der Waals surface area contributed by atoms with Crippen molar-refractivity contribution in [2.75, 3.05) is 6.61 Å². The largest absolute Gasteiger partial charge is 0.493 e. The van der Waals surface area contributed by atoms with E-state index in [2.05, 4.69) is 4.98 Å². The normalized spacial score (nSPS) is 13.5. The fourth-order valence-electron chi connectivity index (χ4n) is 3.15. The van der Waals surface area contributed by atoms with Gasteiger partial charge in [-0.15, -0.1) is 0 Å². The van der Waals surface area contributed by atoms with Crippen LogP contribution in [0.2, 0.25) is 0 Å². The standard InChI is InChI=1S/C22H19NO3/c24-21(15-16-9-10-20-18(14-16)11-13-25-20)26-22(17-6-2-1-3-7-17)19-8-4-5-12-23-19/h1-10,12,14,22H,11,13,15H2. The number of hydrogen-bond acceptors (Lipinski definition) is 4. The van der Waals surface area contributed by atoms with E-state index < -0.39 is 6.10 Å². The van der Waals surface area contributed by atoms with Crippen LogP contribution < -0.4 is 4.74 Å². The van der Waals surface area contributed by atoms with Crippen LogP contribution in [0.5, 0.6) is 5.75 Å². The molecule has 1 aliphatic heterocycles. The fourth-order valence-corrected chi connectivity index (χ4v) is 3.15. The van der Waals surface area contributed by atoms with E-state index in [1.165, 1.54) is 0 Å². The summed E-state index contributed by atoms with van der Waals surface area (Å²) in [5.74, 6) is 0.640. The molecule has 0 bridgehead atoms. The second-order valence-corrected chi connectivity index (χ2v) is 6.25. The maximum atomic E-state index is 12.6. The quantitative estimate of drug-likeness (QED) is 0.658. The second-order valence-electron chi connectivity index (χ2n) is 6.25. The van der Waals surface area contributed by atoms with Crippen molar-refractivity contribution in [2.45, 2.75) is 18.9 Å². The van der Waals surface area contributed by atoms with E-state index in [1.54, 1.807) is 6.20 Å². The number of pyridine rings is 1. The van der Waals surface area contributed by atoms with Gasteiger partial charge in [-0.1, -0.05) is 48.5 Å². The summed E-state index contributed by atoms with van der Waals surface area (Å²) in [6, 6.07) is 21.2. The molecule has 2 aromatic carbocycles. The van der Waals surface area contributed by atoms with Gasteiger partial charge in [-0.05, 0) is 34.9 Å². The van der Waals surface area contributed by atoms with Crippen LogP contribution in [-0.4, -0.2) is 17.6 Å². The minimum absolute atomic E-state index is 0.226. The zero-order valence-corrected chi connectivity index (χ0v) is 14.3. The van der Waals surface area contributed by atoms with Crippen LogP contribution in [0.15, 0.2) is 72.9 Å². The first-order valence-corrected chi connectivity index (χ1v) is 8.69. The number of nitrogens with zero attached hydrogens (tertiary/aromatic N) is 1. The summed E-state index contributed by atoms with van der Waals surface area (Å²) < 4.78 is 11.3. The molecule has 130 valence electrons. The Morgan fingerprint density at radius 3 is 2.73 bits per heavy atom. The molecule has 0 spiro atoms. The molecule has 4 nitrogen and oxygen atoms in total. The maximum Gasteiger partial charge on any atom is 0.311 e. The lowest BCUT2D eigenvalue weighted by atomic mass is 10.0. The highest BCUT2D eigenvalue weighted by Gasteiger charge is 2.21. The number of aromatic nitrogens is 1. The Morgan fingerprint density at radius 1 is 1.08 bits per heavy atom. The van der Waals surface area contributed by atoms with Crippen LogP contribution in [0.4, 0.5) is 0 Å². The molecule has 0 saturated heterocycles. The van der Waals surface area contributed by atoms with E-state index in [1.807, 2.05) is 66.7 Å². The Kier molecular flexibility index (Phi) is 4.65. The molecule has 3 aromatic rings. The van der Waals surface area contributed by atoms with Crippen LogP contribution in [0.25, 0.3) is 0 Å². The van der Waals surface area contributed by atoms with Crippen molar-refractivity contribution in [3.05, 3.63) is 95.3 Å². The van der Waals surface area contributed by atoms with Gasteiger partial charge in [0, 0.05) is 12.6 Å². The number of ether oxygens (including phenoxy) is 2. The zero-order chi connectivity index (χ0) is 17.8. The lowest BCUT2D eigenvalue weighted by Crippen LogP contribution is -2.15. The predicted molar refractivity (Wildman–Crippen MR) is 98.0 cm³/mol. The highest BCUT2D eigenvalue weighted by atomic mass is 16.5. The molecule has 1 aliphatic rings. The Labute approximate surface area is 152 Å². The van der Waals surface area contributed by atoms with Crippen LogP contribution in [0, 0.1) is 0 Å². The summed E-state index contributed by atoms with van der Waals surface area (Å²) in [5, 5.41) is 0. The van der Waals surface area contributed by atoms with Crippen molar-refractivity contribution in [1.29, 1.82) is 0 Å². The first kappa shape index (κ1) is 16.3. The third-order valence-electron chi connectivity index (χ3n) is 4.41. The number of carbonyl (C=O) groups excluding carboxylic acids is 1. The van der Waals surface area contributed by atoms with E-state index in [0.717, 1.165) is 34.6 Å². The average Bonchev–Trinajstić information content (AvgIpc) is 3.15. The van der Waals surface area contributed by atoms with E-state index in [4.69, 9.17) is 9.47 Å². The molecule has 1 aromatic heterocycles. The molecular weight excluding hydrogens is 326 g/mol. The highest BCUT2D eigenvalue weighted by Crippen LogP contribution is 2.27. The number of rotatable bonds is 5. The van der Waals surface area contributed by atoms with Crippen LogP contribution in [0.1, 0.15) is 28.5 Å². The van der Waals surface area contributed by atoms with Crippen molar-refractivity contribution < 1.29 is 14.3 Å². The van der Waals surface area contributed by atoms with Gasteiger partial charge >= 0.3 is 5.97 Å². The molecule has 1 atom stereocenters. The third kappa shape index (κ3) is 3.59. The molecule has 26 heavy (non-hydrogen) atoms. The molecule has 0 fully saturated rings. The molecule has 4 rings (SSSR count). The Hall–Kier alpha value is -3.14. The maximum absolute atomic E-state index is 12.6. The molecule has 0 aliphatic carbocycles. The lowest BCUT2D eigenvalue weighted by molar-refractivity contribution is -0.146. The summed E-state index contributed by atoms with van der Waals surface area (Å²) >= 11 is 0. The van der Waals surface area contributed by atoms with Crippen LogP contribution >= 0.6 is 0 Å². The van der Waals surface area contributed by atoms with Gasteiger partial charge in [0.2, 0.25) is 0 Å². The van der Waals surface area contributed by atoms with Gasteiger partial charge in [-0.3, -0.25) is 9.78 Å². The molecule has 0 amide bonds. The Morgan fingerprint density at radius 2 is 1.92 bits per heavy atom. The number of benzene rings is 2. The van der Waals surface area contributed by atoms with Gasteiger partial charge in [0.05, 0.1) is 18.7 Å². The summed E-state index contributed by atoms with van der Waals surface area (Å²) in [6.07, 6.45) is 2.31. The van der Waals surface area contributed by atoms with Crippen molar-refractivity contribution in [2.24, 2.45) is 0 Å². The molecule has 1 unspecified atom stereocenters. The lowest BCUT2D eigenvalue weighted by Gasteiger charge is -2.18. The van der Waals surface area contributed by atoms with Gasteiger partial charge in [0.25, 0.3) is 0 Å². The number of carbonyl (C=O) groups is 1. The number of esters is 1. The van der Waals surface area contributed by atoms with E-state index >= 15 is 0 Å². The van der Waals surface area contributed by atoms with Gasteiger partial charge in [-0.25, -0.2) is 0 Å². The molecule has 4 heteroatoms. The first-order valence-electron chi connectivity index (χ1n) is 8.69. The highest BCUT2D eigenvalue weighted by molar-refractivity contribution is 5.73. The topological polar surface area (TPSA) is 48.4 Å². The smallest absolute Gasteiger partial charge is 0.311 e. The van der Waals surface area contributed by atoms with Crippen molar-refractivity contribution in [3.63, 3.8) is 0 Å². The van der Waals surface area contributed by atoms with Gasteiger partial charge in [0.15, 0.2) is 6.10 Å². The van der Waals surface area contributed by atoms with Crippen molar-refractivity contribution in [3.8, 4) is 5.75 Å². The third-order valence-corrected chi connectivity index (χ3v) is 4.41. The van der Waals surface area contributed by atoms with Gasteiger partial charge in [0.1, 0.15) is 5.75 Å². The summed E-state index contributed by atoms with van der Waals surface area (Å²) in [7, 11) is 0. The molecule has 2 heterocycles. The Balaban J connectivity index is 1.53. The SMILES string of the molecule is O=C(Cc1ccc2c(c1)CCO2)OC(c1ccccc1)c1ccccn1. The summed E-state index contributed by atoms with van der Waals surface area (Å²) in [4.78, 5) is 17.0. The Bertz CT molecular complexity index is 854. The summed E-state index contributed by atoms with van der Waals surface area (Å²) in [6.45, 7) is 0.707. The van der Waals surface area contributed by atoms with Gasteiger partial charge in [-0.2, -0.15) is 0 Å². The van der Waals surface area contributed by atoms with Crippen LogP contribution in [-0.2, 0) is 22.4 Å². The molecule has 0 radical (unpaired) electrons. The number of fused-ring (bicyclic) bond motifs is 1. The van der Waals surface area contributed by atoms with Crippen LogP contribution in [0.3, 0.4) is 0 Å². The van der Waals surface area contributed by atoms with E-state index in [9.17, 15) is 4.79 Å². The average molecular weight is 345 g/mol. The molecular formula is C22H19NO3. The molecule has 0 saturated carbocycles. The van der Waals surface area contributed by atoms with Crippen molar-refractivity contribution in [1.82, 2.24) is 4.98 Å². The van der Waals surface area contributed by atoms with E-state index in [-0.39, 0.29) is 12.4 Å². The monoisotopic (exact) mass is 345 g/mol. The zero-order valence-electron chi connectivity index (χ0n) is 14.3. The number of hydrogen-bond donors (Lipinski definition) is 0. The summed E-state index contributed by atoms with van der Waals surface area (Å²) in [5.41, 5.74) is 3.71. The fraction of sp³-hybridized carbons (Fsp3) is 0.182. The predicted octanol–water partition coefficient (Wildman–Crippen LogP) is 3.89. The minimum Gasteiger partial charge on any atom is -0.493 e. The van der Waals surface area contributed by atoms with Gasteiger partial charge < -0.3 is 9.47 Å². The van der Waals surface area contributed by atoms with E-state index in [0.29, 0.717) is 6.61 Å².